The Bertz CT molecular complexity index is 386. The van der Waals surface area contributed by atoms with E-state index in [1.54, 1.807) is 0 Å². The largest absolute Gasteiger partial charge is 0.476 e. The Hall–Kier alpha value is -0.840. The van der Waals surface area contributed by atoms with E-state index in [0.29, 0.717) is 10.6 Å². The molecule has 76 valence electrons. The van der Waals surface area contributed by atoms with Crippen LogP contribution in [0.15, 0.2) is 4.60 Å². The minimum absolute atomic E-state index is 0.133. The van der Waals surface area contributed by atoms with Crippen LogP contribution in [0.25, 0.3) is 0 Å². The number of aryl methyl sites for hydroxylation is 1. The first-order chi connectivity index (χ1) is 6.61. The van der Waals surface area contributed by atoms with E-state index in [-0.39, 0.29) is 5.69 Å². The number of carboxylic acid groups (broad SMARTS) is 1. The minimum atomic E-state index is -0.967. The van der Waals surface area contributed by atoms with Gasteiger partial charge in [-0.15, -0.1) is 0 Å². The third kappa shape index (κ3) is 1.35. The molecule has 0 bridgehead atoms. The smallest absolute Gasteiger partial charge is 0.357 e. The molecule has 0 aliphatic carbocycles. The van der Waals surface area contributed by atoms with Crippen LogP contribution in [-0.4, -0.2) is 20.6 Å². The summed E-state index contributed by atoms with van der Waals surface area (Å²) in [7, 11) is 0. The van der Waals surface area contributed by atoms with E-state index in [1.165, 1.54) is 0 Å². The molecular weight excluding hydrogens is 248 g/mol. The Labute approximate surface area is 90.1 Å². The molecule has 2 heterocycles. The first kappa shape index (κ1) is 9.71. The summed E-state index contributed by atoms with van der Waals surface area (Å²) in [6.45, 7) is 2.08. The SMILES string of the molecule is CC1CCCc2nc(C(=O)O)c(Br)n21. The molecule has 1 aliphatic rings. The molecule has 0 saturated heterocycles. The van der Waals surface area contributed by atoms with Gasteiger partial charge in [0.15, 0.2) is 5.69 Å². The number of aromatic carboxylic acids is 1. The van der Waals surface area contributed by atoms with Crippen molar-refractivity contribution < 1.29 is 9.90 Å². The molecule has 0 aromatic carbocycles. The summed E-state index contributed by atoms with van der Waals surface area (Å²) in [6, 6.07) is 0.341. The highest BCUT2D eigenvalue weighted by Gasteiger charge is 2.25. The lowest BCUT2D eigenvalue weighted by atomic mass is 10.1. The van der Waals surface area contributed by atoms with Gasteiger partial charge in [-0.1, -0.05) is 0 Å². The van der Waals surface area contributed by atoms with Crippen molar-refractivity contribution in [3.8, 4) is 0 Å². The van der Waals surface area contributed by atoms with Crippen molar-refractivity contribution in [3.63, 3.8) is 0 Å². The fourth-order valence-corrected chi connectivity index (χ4v) is 2.71. The molecule has 1 N–H and O–H groups in total. The van der Waals surface area contributed by atoms with Gasteiger partial charge in [-0.3, -0.25) is 0 Å². The second-order valence-corrected chi connectivity index (χ2v) is 4.33. The number of imidazole rings is 1. The van der Waals surface area contributed by atoms with Crippen LogP contribution in [0.1, 0.15) is 42.1 Å². The molecule has 4 nitrogen and oxygen atoms in total. The fraction of sp³-hybridized carbons (Fsp3) is 0.556. The van der Waals surface area contributed by atoms with Gasteiger partial charge in [-0.2, -0.15) is 0 Å². The number of hydrogen-bond acceptors (Lipinski definition) is 2. The molecule has 0 fully saturated rings. The summed E-state index contributed by atoms with van der Waals surface area (Å²) in [5.41, 5.74) is 0.133. The number of nitrogens with zero attached hydrogens (tertiary/aromatic N) is 2. The number of fused-ring (bicyclic) bond motifs is 1. The van der Waals surface area contributed by atoms with Crippen LogP contribution in [0, 0.1) is 0 Å². The minimum Gasteiger partial charge on any atom is -0.476 e. The normalized spacial score (nSPS) is 20.6. The highest BCUT2D eigenvalue weighted by atomic mass is 79.9. The number of rotatable bonds is 1. The Morgan fingerprint density at radius 2 is 2.43 bits per heavy atom. The van der Waals surface area contributed by atoms with Crippen LogP contribution in [0.4, 0.5) is 0 Å². The molecule has 14 heavy (non-hydrogen) atoms. The molecule has 0 saturated carbocycles. The fourth-order valence-electron chi connectivity index (χ4n) is 1.90. The number of carboxylic acids is 1. The van der Waals surface area contributed by atoms with E-state index in [4.69, 9.17) is 5.11 Å². The van der Waals surface area contributed by atoms with Crippen LogP contribution in [-0.2, 0) is 6.42 Å². The average Bonchev–Trinajstić information content (AvgIpc) is 2.45. The van der Waals surface area contributed by atoms with Gasteiger partial charge in [-0.25, -0.2) is 9.78 Å². The third-order valence-corrected chi connectivity index (χ3v) is 3.35. The number of carbonyl (C=O) groups is 1. The topological polar surface area (TPSA) is 55.1 Å². The molecule has 1 aromatic heterocycles. The van der Waals surface area contributed by atoms with Crippen LogP contribution in [0.2, 0.25) is 0 Å². The number of aromatic nitrogens is 2. The van der Waals surface area contributed by atoms with Crippen molar-refractivity contribution >= 4 is 21.9 Å². The van der Waals surface area contributed by atoms with Gasteiger partial charge in [0.1, 0.15) is 10.4 Å². The van der Waals surface area contributed by atoms with E-state index >= 15 is 0 Å². The lowest BCUT2D eigenvalue weighted by Gasteiger charge is -2.22. The Balaban J connectivity index is 2.55. The third-order valence-electron chi connectivity index (χ3n) is 2.59. The lowest BCUT2D eigenvalue weighted by Crippen LogP contribution is -2.15. The molecule has 0 radical (unpaired) electrons. The standard InChI is InChI=1S/C9H11BrN2O2/c1-5-3-2-4-6-11-7(9(13)14)8(10)12(5)6/h5H,2-4H2,1H3,(H,13,14). The predicted molar refractivity (Wildman–Crippen MR) is 54.5 cm³/mol. The first-order valence-electron chi connectivity index (χ1n) is 4.61. The Morgan fingerprint density at radius 3 is 3.00 bits per heavy atom. The molecular formula is C9H11BrN2O2. The van der Waals surface area contributed by atoms with Crippen molar-refractivity contribution in [2.24, 2.45) is 0 Å². The molecule has 5 heteroatoms. The van der Waals surface area contributed by atoms with Crippen molar-refractivity contribution in [1.82, 2.24) is 9.55 Å². The van der Waals surface area contributed by atoms with E-state index in [9.17, 15) is 4.79 Å². The van der Waals surface area contributed by atoms with Crippen LogP contribution >= 0.6 is 15.9 Å². The lowest BCUT2D eigenvalue weighted by molar-refractivity contribution is 0.0689. The Morgan fingerprint density at radius 1 is 1.71 bits per heavy atom. The molecule has 1 aromatic rings. The number of hydrogen-bond donors (Lipinski definition) is 1. The maximum absolute atomic E-state index is 10.8. The molecule has 2 rings (SSSR count). The van der Waals surface area contributed by atoms with E-state index in [1.807, 2.05) is 4.57 Å². The van der Waals surface area contributed by atoms with Crippen molar-refractivity contribution in [1.29, 1.82) is 0 Å². The molecule has 0 spiro atoms. The second-order valence-electron chi connectivity index (χ2n) is 3.58. The maximum Gasteiger partial charge on any atom is 0.357 e. The van der Waals surface area contributed by atoms with Gasteiger partial charge in [0.25, 0.3) is 0 Å². The molecule has 1 aliphatic heterocycles. The Kier molecular flexibility index (Phi) is 2.34. The summed E-state index contributed by atoms with van der Waals surface area (Å²) in [4.78, 5) is 15.0. The van der Waals surface area contributed by atoms with Crippen molar-refractivity contribution in [2.45, 2.75) is 32.2 Å². The summed E-state index contributed by atoms with van der Waals surface area (Å²) in [5.74, 6) is -0.0843. The zero-order chi connectivity index (χ0) is 10.3. The summed E-state index contributed by atoms with van der Waals surface area (Å²) >= 11 is 3.30. The summed E-state index contributed by atoms with van der Waals surface area (Å²) in [5, 5.41) is 8.90. The van der Waals surface area contributed by atoms with Gasteiger partial charge >= 0.3 is 5.97 Å². The van der Waals surface area contributed by atoms with Gasteiger partial charge in [0.2, 0.25) is 0 Å². The van der Waals surface area contributed by atoms with Gasteiger partial charge in [0, 0.05) is 12.5 Å². The zero-order valence-corrected chi connectivity index (χ0v) is 9.41. The highest BCUT2D eigenvalue weighted by Crippen LogP contribution is 2.30. The van der Waals surface area contributed by atoms with Crippen molar-refractivity contribution in [3.05, 3.63) is 16.1 Å². The highest BCUT2D eigenvalue weighted by molar-refractivity contribution is 9.10. The quantitative estimate of drug-likeness (QED) is 0.841. The second kappa shape index (κ2) is 3.38. The molecule has 1 unspecified atom stereocenters. The van der Waals surface area contributed by atoms with Crippen LogP contribution in [0.3, 0.4) is 0 Å². The van der Waals surface area contributed by atoms with Gasteiger partial charge in [0.05, 0.1) is 0 Å². The monoisotopic (exact) mass is 258 g/mol. The predicted octanol–water partition coefficient (Wildman–Crippen LogP) is 2.24. The van der Waals surface area contributed by atoms with Gasteiger partial charge in [-0.05, 0) is 35.7 Å². The van der Waals surface area contributed by atoms with E-state index in [2.05, 4.69) is 27.8 Å². The number of halogens is 1. The maximum atomic E-state index is 10.8. The zero-order valence-electron chi connectivity index (χ0n) is 7.83. The first-order valence-corrected chi connectivity index (χ1v) is 5.40. The average molecular weight is 259 g/mol. The molecule has 0 amide bonds. The van der Waals surface area contributed by atoms with Crippen molar-refractivity contribution in [2.75, 3.05) is 0 Å². The van der Waals surface area contributed by atoms with Crippen LogP contribution in [0.5, 0.6) is 0 Å². The molecule has 1 atom stereocenters. The van der Waals surface area contributed by atoms with Crippen LogP contribution < -0.4 is 0 Å². The van der Waals surface area contributed by atoms with E-state index < -0.39 is 5.97 Å². The van der Waals surface area contributed by atoms with Gasteiger partial charge < -0.3 is 9.67 Å². The summed E-state index contributed by atoms with van der Waals surface area (Å²) < 4.78 is 2.58. The summed E-state index contributed by atoms with van der Waals surface area (Å²) in [6.07, 6.45) is 3.04. The van der Waals surface area contributed by atoms with E-state index in [0.717, 1.165) is 25.1 Å².